The topological polar surface area (TPSA) is 222 Å². The van der Waals surface area contributed by atoms with Crippen molar-refractivity contribution in [2.24, 2.45) is 17.4 Å². The van der Waals surface area contributed by atoms with Gasteiger partial charge in [0.05, 0.1) is 12.4 Å². The highest BCUT2D eigenvalue weighted by Crippen LogP contribution is 2.07. The van der Waals surface area contributed by atoms with Crippen LogP contribution in [0, 0.1) is 5.92 Å². The van der Waals surface area contributed by atoms with Gasteiger partial charge in [-0.1, -0.05) is 20.3 Å². The van der Waals surface area contributed by atoms with E-state index in [2.05, 4.69) is 38.5 Å². The van der Waals surface area contributed by atoms with Crippen molar-refractivity contribution in [2.75, 3.05) is 5.75 Å². The van der Waals surface area contributed by atoms with Crippen LogP contribution in [0.25, 0.3) is 0 Å². The summed E-state index contributed by atoms with van der Waals surface area (Å²) in [7, 11) is 0. The molecular weight excluding hydrogens is 466 g/mol. The number of imidazole rings is 1. The Morgan fingerprint density at radius 2 is 1.68 bits per heavy atom. The Bertz CT molecular complexity index is 850. The quantitative estimate of drug-likeness (QED) is 0.126. The second kappa shape index (κ2) is 14.2. The van der Waals surface area contributed by atoms with Gasteiger partial charge in [-0.15, -0.1) is 0 Å². The zero-order valence-corrected chi connectivity index (χ0v) is 20.0. The number of primary amides is 1. The van der Waals surface area contributed by atoms with Gasteiger partial charge >= 0.3 is 5.97 Å². The molecule has 0 saturated carbocycles. The Labute approximate surface area is 202 Å². The summed E-state index contributed by atoms with van der Waals surface area (Å²) >= 11 is 4.11. The lowest BCUT2D eigenvalue weighted by Crippen LogP contribution is -2.58. The first kappa shape index (κ1) is 28.9. The number of carbonyl (C=O) groups excluding carboxylic acids is 4. The summed E-state index contributed by atoms with van der Waals surface area (Å²) in [6.07, 6.45) is 2.98. The number of aliphatic carboxylic acids is 1. The SMILES string of the molecule is CCC(C)C(N)C(=O)NC(CS)C(=O)NC(Cc1cnc[nH]1)C(=O)NC(CCC(N)=O)C(=O)O. The molecule has 0 aromatic carbocycles. The van der Waals surface area contributed by atoms with Gasteiger partial charge in [0, 0.05) is 30.5 Å². The van der Waals surface area contributed by atoms with Crippen molar-refractivity contribution >= 4 is 42.2 Å². The largest absolute Gasteiger partial charge is 0.480 e. The average Bonchev–Trinajstić information content (AvgIpc) is 3.30. The number of carboxylic acids is 1. The number of aromatic nitrogens is 2. The number of nitrogens with one attached hydrogen (secondary N) is 4. The molecule has 0 radical (unpaired) electrons. The van der Waals surface area contributed by atoms with E-state index in [1.54, 1.807) is 0 Å². The molecule has 14 heteroatoms. The summed E-state index contributed by atoms with van der Waals surface area (Å²) in [6.45, 7) is 3.69. The van der Waals surface area contributed by atoms with Gasteiger partial charge in [-0.2, -0.15) is 12.6 Å². The van der Waals surface area contributed by atoms with Crippen LogP contribution in [-0.4, -0.2) is 74.6 Å². The predicted molar refractivity (Wildman–Crippen MR) is 125 cm³/mol. The Morgan fingerprint density at radius 3 is 2.18 bits per heavy atom. The lowest BCUT2D eigenvalue weighted by Gasteiger charge is -2.25. The van der Waals surface area contributed by atoms with E-state index in [1.807, 2.05) is 13.8 Å². The number of nitrogens with two attached hydrogens (primary N) is 2. The number of nitrogens with zero attached hydrogens (tertiary/aromatic N) is 1. The van der Waals surface area contributed by atoms with E-state index in [0.29, 0.717) is 12.1 Å². The molecule has 0 aliphatic heterocycles. The Hall–Kier alpha value is -3.13. The number of rotatable bonds is 15. The predicted octanol–water partition coefficient (Wildman–Crippen LogP) is -1.94. The lowest BCUT2D eigenvalue weighted by molar-refractivity contribution is -0.142. The van der Waals surface area contributed by atoms with Gasteiger partial charge in [0.2, 0.25) is 23.6 Å². The normalized spacial score (nSPS) is 15.3. The van der Waals surface area contributed by atoms with Gasteiger partial charge in [-0.3, -0.25) is 19.2 Å². The van der Waals surface area contributed by atoms with Crippen LogP contribution in [0.5, 0.6) is 0 Å². The highest BCUT2D eigenvalue weighted by Gasteiger charge is 2.31. The molecular formula is C20H33N7O6S. The first-order valence-electron chi connectivity index (χ1n) is 10.8. The molecule has 5 unspecified atom stereocenters. The molecule has 1 aromatic heterocycles. The Morgan fingerprint density at radius 1 is 1.09 bits per heavy atom. The zero-order valence-electron chi connectivity index (χ0n) is 19.1. The van der Waals surface area contributed by atoms with Crippen LogP contribution in [0.2, 0.25) is 0 Å². The molecule has 190 valence electrons. The molecule has 1 rings (SSSR count). The number of hydrogen-bond donors (Lipinski definition) is 8. The van der Waals surface area contributed by atoms with E-state index in [-0.39, 0.29) is 30.9 Å². The van der Waals surface area contributed by atoms with Crippen molar-refractivity contribution < 1.29 is 29.1 Å². The minimum Gasteiger partial charge on any atom is -0.480 e. The maximum absolute atomic E-state index is 12.9. The second-order valence-corrected chi connectivity index (χ2v) is 8.27. The van der Waals surface area contributed by atoms with Crippen molar-refractivity contribution in [2.45, 2.75) is 63.7 Å². The second-order valence-electron chi connectivity index (χ2n) is 7.90. The standard InChI is InChI=1S/C20H33N7O6S/c1-3-10(2)16(22)19(31)27-14(8-34)18(30)26-13(6-11-7-23-9-24-11)17(29)25-12(20(32)33)4-5-15(21)28/h7,9-10,12-14,16,34H,3-6,8,22H2,1-2H3,(H2,21,28)(H,23,24)(H,25,29)(H,26,30)(H,27,31)(H,32,33). The third-order valence-electron chi connectivity index (χ3n) is 5.28. The van der Waals surface area contributed by atoms with Crippen LogP contribution in [0.3, 0.4) is 0 Å². The molecule has 0 bridgehead atoms. The zero-order chi connectivity index (χ0) is 25.8. The highest BCUT2D eigenvalue weighted by atomic mass is 32.1. The fraction of sp³-hybridized carbons (Fsp3) is 0.600. The summed E-state index contributed by atoms with van der Waals surface area (Å²) < 4.78 is 0. The minimum absolute atomic E-state index is 0.0423. The maximum Gasteiger partial charge on any atom is 0.326 e. The average molecular weight is 500 g/mol. The molecule has 13 nitrogen and oxygen atoms in total. The number of H-pyrrole nitrogens is 1. The van der Waals surface area contributed by atoms with E-state index in [4.69, 9.17) is 11.5 Å². The van der Waals surface area contributed by atoms with Gasteiger partial charge in [0.1, 0.15) is 18.1 Å². The molecule has 0 spiro atoms. The molecule has 34 heavy (non-hydrogen) atoms. The summed E-state index contributed by atoms with van der Waals surface area (Å²) in [5.41, 5.74) is 11.5. The van der Waals surface area contributed by atoms with Crippen molar-refractivity contribution in [1.29, 1.82) is 0 Å². The van der Waals surface area contributed by atoms with Crippen LogP contribution in [-0.2, 0) is 30.4 Å². The third kappa shape index (κ3) is 9.39. The molecule has 1 heterocycles. The lowest BCUT2D eigenvalue weighted by atomic mass is 9.99. The summed E-state index contributed by atoms with van der Waals surface area (Å²) in [5, 5.41) is 16.7. The summed E-state index contributed by atoms with van der Waals surface area (Å²) in [4.78, 5) is 67.3. The van der Waals surface area contributed by atoms with Crippen molar-refractivity contribution in [1.82, 2.24) is 25.9 Å². The van der Waals surface area contributed by atoms with Gasteiger partial charge in [-0.05, 0) is 12.3 Å². The molecule has 0 saturated heterocycles. The number of carbonyl (C=O) groups is 5. The van der Waals surface area contributed by atoms with Gasteiger partial charge < -0.3 is 37.5 Å². The third-order valence-corrected chi connectivity index (χ3v) is 5.65. The number of hydrogen-bond acceptors (Lipinski definition) is 8. The van der Waals surface area contributed by atoms with Crippen LogP contribution >= 0.6 is 12.6 Å². The molecule has 0 aliphatic rings. The minimum atomic E-state index is -1.39. The first-order chi connectivity index (χ1) is 16.0. The number of aromatic amines is 1. The van der Waals surface area contributed by atoms with Gasteiger partial charge in [0.25, 0.3) is 0 Å². The Balaban J connectivity index is 2.97. The van der Waals surface area contributed by atoms with Crippen LogP contribution in [0.4, 0.5) is 0 Å². The van der Waals surface area contributed by atoms with Gasteiger partial charge in [0.15, 0.2) is 0 Å². The van der Waals surface area contributed by atoms with E-state index < -0.39 is 53.8 Å². The highest BCUT2D eigenvalue weighted by molar-refractivity contribution is 7.80. The number of amides is 4. The van der Waals surface area contributed by atoms with Crippen molar-refractivity contribution in [3.05, 3.63) is 18.2 Å². The molecule has 9 N–H and O–H groups in total. The smallest absolute Gasteiger partial charge is 0.326 e. The van der Waals surface area contributed by atoms with E-state index in [0.717, 1.165) is 0 Å². The van der Waals surface area contributed by atoms with E-state index in [9.17, 15) is 29.1 Å². The Kier molecular flexibility index (Phi) is 12.1. The van der Waals surface area contributed by atoms with Crippen LogP contribution < -0.4 is 27.4 Å². The van der Waals surface area contributed by atoms with Crippen LogP contribution in [0.1, 0.15) is 38.8 Å². The van der Waals surface area contributed by atoms with Crippen LogP contribution in [0.15, 0.2) is 12.5 Å². The first-order valence-corrected chi connectivity index (χ1v) is 11.4. The molecule has 0 aliphatic carbocycles. The summed E-state index contributed by atoms with van der Waals surface area (Å²) in [5.74, 6) is -4.30. The number of thiol groups is 1. The van der Waals surface area contributed by atoms with Crippen molar-refractivity contribution in [3.63, 3.8) is 0 Å². The maximum atomic E-state index is 12.9. The molecule has 4 amide bonds. The fourth-order valence-electron chi connectivity index (χ4n) is 2.89. The fourth-order valence-corrected chi connectivity index (χ4v) is 3.15. The monoisotopic (exact) mass is 499 g/mol. The summed E-state index contributed by atoms with van der Waals surface area (Å²) in [6, 6.07) is -4.53. The van der Waals surface area contributed by atoms with E-state index >= 15 is 0 Å². The van der Waals surface area contributed by atoms with E-state index in [1.165, 1.54) is 12.5 Å². The molecule has 0 fully saturated rings. The number of carboxylic acid groups (broad SMARTS) is 1. The van der Waals surface area contributed by atoms with Crippen molar-refractivity contribution in [3.8, 4) is 0 Å². The molecule has 1 aromatic rings. The van der Waals surface area contributed by atoms with Gasteiger partial charge in [-0.25, -0.2) is 9.78 Å². The molecule has 5 atom stereocenters.